The van der Waals surface area contributed by atoms with Gasteiger partial charge in [-0.05, 0) is 49.1 Å². The summed E-state index contributed by atoms with van der Waals surface area (Å²) in [6.07, 6.45) is 3.32. The highest BCUT2D eigenvalue weighted by Gasteiger charge is 2.08. The topological polar surface area (TPSA) is 18.5 Å². The first kappa shape index (κ1) is 13.2. The van der Waals surface area contributed by atoms with Gasteiger partial charge in [-0.15, -0.1) is 0 Å². The van der Waals surface area contributed by atoms with Gasteiger partial charge in [0, 0.05) is 6.07 Å². The van der Waals surface area contributed by atoms with Crippen LogP contribution in [0.5, 0.6) is 11.5 Å². The molecule has 0 spiro atoms. The Bertz CT molecular complexity index is 337. The van der Waals surface area contributed by atoms with Crippen LogP contribution >= 0.6 is 12.6 Å². The molecule has 0 heterocycles. The van der Waals surface area contributed by atoms with E-state index in [1.165, 1.54) is 11.1 Å². The fourth-order valence-corrected chi connectivity index (χ4v) is 2.01. The highest BCUT2D eigenvalue weighted by molar-refractivity contribution is 7.80. The molecule has 0 bridgehead atoms. The van der Waals surface area contributed by atoms with Gasteiger partial charge >= 0.3 is 0 Å². The van der Waals surface area contributed by atoms with Crippen molar-refractivity contribution in [2.45, 2.75) is 26.2 Å². The Kier molecular flexibility index (Phi) is 5.53. The zero-order valence-corrected chi connectivity index (χ0v) is 11.1. The number of unbranched alkanes of at least 4 members (excludes halogenated alkanes) is 1. The van der Waals surface area contributed by atoms with Gasteiger partial charge in [0.2, 0.25) is 0 Å². The van der Waals surface area contributed by atoms with Crippen molar-refractivity contribution in [1.29, 1.82) is 0 Å². The molecule has 0 saturated carbocycles. The molecule has 0 radical (unpaired) electrons. The molecule has 0 unspecified atom stereocenters. The van der Waals surface area contributed by atoms with Gasteiger partial charge in [0.25, 0.3) is 0 Å². The largest absolute Gasteiger partial charge is 0.497 e. The lowest BCUT2D eigenvalue weighted by molar-refractivity contribution is 0.390. The van der Waals surface area contributed by atoms with Gasteiger partial charge in [0.15, 0.2) is 0 Å². The normalized spacial score (nSPS) is 10.2. The molecule has 0 N–H and O–H groups in total. The lowest BCUT2D eigenvalue weighted by Gasteiger charge is -2.13. The van der Waals surface area contributed by atoms with Crippen LogP contribution in [0.25, 0.3) is 0 Å². The number of benzene rings is 1. The van der Waals surface area contributed by atoms with E-state index in [-0.39, 0.29) is 0 Å². The monoisotopic (exact) mass is 240 g/mol. The first-order chi connectivity index (χ1) is 7.72. The van der Waals surface area contributed by atoms with E-state index in [1.807, 2.05) is 6.07 Å². The van der Waals surface area contributed by atoms with Gasteiger partial charge in [-0.3, -0.25) is 0 Å². The Morgan fingerprint density at radius 3 is 2.44 bits per heavy atom. The van der Waals surface area contributed by atoms with Gasteiger partial charge in [-0.1, -0.05) is 0 Å². The molecule has 0 aliphatic rings. The summed E-state index contributed by atoms with van der Waals surface area (Å²) in [6, 6.07) is 4.00. The summed E-state index contributed by atoms with van der Waals surface area (Å²) < 4.78 is 10.6. The molecule has 1 aromatic rings. The number of methoxy groups -OCH3 is 2. The van der Waals surface area contributed by atoms with Crippen molar-refractivity contribution in [2.75, 3.05) is 20.0 Å². The van der Waals surface area contributed by atoms with Crippen molar-refractivity contribution in [3.05, 3.63) is 23.3 Å². The predicted molar refractivity (Wildman–Crippen MR) is 71.1 cm³/mol. The Balaban J connectivity index is 2.88. The zero-order chi connectivity index (χ0) is 12.0. The van der Waals surface area contributed by atoms with Crippen LogP contribution in [0.4, 0.5) is 0 Å². The first-order valence-corrected chi connectivity index (χ1v) is 6.18. The van der Waals surface area contributed by atoms with Crippen molar-refractivity contribution in [3.8, 4) is 11.5 Å². The summed E-state index contributed by atoms with van der Waals surface area (Å²) in [5, 5.41) is 0. The quantitative estimate of drug-likeness (QED) is 0.608. The molecule has 3 heteroatoms. The molecule has 0 aliphatic heterocycles. The maximum absolute atomic E-state index is 5.40. The summed E-state index contributed by atoms with van der Waals surface area (Å²) in [7, 11) is 3.38. The Hall–Kier alpha value is -0.830. The minimum atomic E-state index is 0.854. The van der Waals surface area contributed by atoms with Gasteiger partial charge in [0.05, 0.1) is 14.2 Å². The average molecular weight is 240 g/mol. The van der Waals surface area contributed by atoms with Crippen LogP contribution in [-0.4, -0.2) is 20.0 Å². The third-order valence-electron chi connectivity index (χ3n) is 2.70. The standard InChI is InChI=1S/C13H20O2S/c1-10-8-11(14-2)9-13(15-3)12(10)6-4-5-7-16/h8-9,16H,4-7H2,1-3H3. The van der Waals surface area contributed by atoms with Crippen LogP contribution < -0.4 is 9.47 Å². The van der Waals surface area contributed by atoms with E-state index in [0.717, 1.165) is 36.5 Å². The van der Waals surface area contributed by atoms with Crippen LogP contribution in [-0.2, 0) is 6.42 Å². The second kappa shape index (κ2) is 6.69. The van der Waals surface area contributed by atoms with Crippen molar-refractivity contribution in [1.82, 2.24) is 0 Å². The molecular weight excluding hydrogens is 220 g/mol. The van der Waals surface area contributed by atoms with E-state index < -0.39 is 0 Å². The molecule has 1 rings (SSSR count). The van der Waals surface area contributed by atoms with E-state index in [1.54, 1.807) is 14.2 Å². The summed E-state index contributed by atoms with van der Waals surface area (Å²) >= 11 is 4.22. The molecule has 0 aliphatic carbocycles. The third-order valence-corrected chi connectivity index (χ3v) is 3.01. The molecule has 90 valence electrons. The SMILES string of the molecule is COc1cc(C)c(CCCCS)c(OC)c1. The maximum Gasteiger partial charge on any atom is 0.126 e. The highest BCUT2D eigenvalue weighted by atomic mass is 32.1. The minimum absolute atomic E-state index is 0.854. The van der Waals surface area contributed by atoms with Crippen LogP contribution in [0, 0.1) is 6.92 Å². The van der Waals surface area contributed by atoms with Crippen molar-refractivity contribution in [3.63, 3.8) is 0 Å². The second-order valence-electron chi connectivity index (χ2n) is 3.81. The van der Waals surface area contributed by atoms with Crippen molar-refractivity contribution >= 4 is 12.6 Å². The molecule has 2 nitrogen and oxygen atoms in total. The fraction of sp³-hybridized carbons (Fsp3) is 0.538. The number of rotatable bonds is 6. The lowest BCUT2D eigenvalue weighted by Crippen LogP contribution is -1.97. The van der Waals surface area contributed by atoms with E-state index in [0.29, 0.717) is 0 Å². The summed E-state index contributed by atoms with van der Waals surface area (Å²) in [5.74, 6) is 2.72. The average Bonchev–Trinajstić information content (AvgIpc) is 2.30. The smallest absolute Gasteiger partial charge is 0.126 e. The Morgan fingerprint density at radius 1 is 1.12 bits per heavy atom. The Labute approximate surface area is 103 Å². The zero-order valence-electron chi connectivity index (χ0n) is 10.2. The molecule has 0 saturated heterocycles. The molecule has 0 amide bonds. The molecule has 0 atom stereocenters. The summed E-state index contributed by atoms with van der Waals surface area (Å²) in [6.45, 7) is 2.10. The van der Waals surface area contributed by atoms with E-state index in [2.05, 4.69) is 25.6 Å². The maximum atomic E-state index is 5.40. The van der Waals surface area contributed by atoms with Crippen molar-refractivity contribution in [2.24, 2.45) is 0 Å². The number of aryl methyl sites for hydroxylation is 1. The number of hydrogen-bond donors (Lipinski definition) is 1. The van der Waals surface area contributed by atoms with Gasteiger partial charge < -0.3 is 9.47 Å². The first-order valence-electron chi connectivity index (χ1n) is 5.55. The second-order valence-corrected chi connectivity index (χ2v) is 4.25. The van der Waals surface area contributed by atoms with Crippen LogP contribution in [0.15, 0.2) is 12.1 Å². The molecule has 1 aromatic carbocycles. The molecular formula is C13H20O2S. The summed E-state index contributed by atoms with van der Waals surface area (Å²) in [5.41, 5.74) is 2.51. The van der Waals surface area contributed by atoms with Crippen LogP contribution in [0.3, 0.4) is 0 Å². The van der Waals surface area contributed by atoms with Gasteiger partial charge in [-0.2, -0.15) is 12.6 Å². The molecule has 0 fully saturated rings. The third kappa shape index (κ3) is 3.34. The van der Waals surface area contributed by atoms with Gasteiger partial charge in [0.1, 0.15) is 11.5 Å². The Morgan fingerprint density at radius 2 is 1.88 bits per heavy atom. The van der Waals surface area contributed by atoms with E-state index in [9.17, 15) is 0 Å². The molecule has 0 aromatic heterocycles. The highest BCUT2D eigenvalue weighted by Crippen LogP contribution is 2.29. The van der Waals surface area contributed by atoms with Gasteiger partial charge in [-0.25, -0.2) is 0 Å². The van der Waals surface area contributed by atoms with E-state index >= 15 is 0 Å². The number of ether oxygens (including phenoxy) is 2. The number of hydrogen-bond acceptors (Lipinski definition) is 3. The molecule has 16 heavy (non-hydrogen) atoms. The summed E-state index contributed by atoms with van der Waals surface area (Å²) in [4.78, 5) is 0. The lowest BCUT2D eigenvalue weighted by atomic mass is 10.0. The van der Waals surface area contributed by atoms with E-state index in [4.69, 9.17) is 9.47 Å². The van der Waals surface area contributed by atoms with Crippen LogP contribution in [0.1, 0.15) is 24.0 Å². The van der Waals surface area contributed by atoms with Crippen LogP contribution in [0.2, 0.25) is 0 Å². The fourth-order valence-electron chi connectivity index (χ4n) is 1.79. The number of thiol groups is 1. The predicted octanol–water partition coefficient (Wildman–Crippen LogP) is 3.26. The van der Waals surface area contributed by atoms with Crippen molar-refractivity contribution < 1.29 is 9.47 Å². The minimum Gasteiger partial charge on any atom is -0.497 e.